The number of aliphatic hydroxyl groups excluding tert-OH is 1. The van der Waals surface area contributed by atoms with Gasteiger partial charge in [-0.05, 0) is 62.8 Å². The molecule has 0 aliphatic carbocycles. The molecule has 5 rings (SSSR count). The number of methoxy groups -OCH3 is 1. The lowest BCUT2D eigenvalue weighted by molar-refractivity contribution is -0.230. The number of furan rings is 1. The number of benzene rings is 1. The molecule has 0 radical (unpaired) electrons. The molecule has 1 saturated heterocycles. The standard InChI is InChI=1S/C29H31N5O7.C12H26O4/c35-15-3-1-10-23(36)30-11-2-4-16-39-29(37)40-21-8-5-7-20(19-21)26-32-24-22-9-6-12-31-28(22)41-25(24)27(33-26)34-13-17-38-18-14-34;1-9(2)15-11(8-14-6)16-10(7-13)12(3,4)5/h5-9,12,15,19H,1-4,10-11,13-14,16-18H2,(H,30,36);9-11,13H,7-8H2,1-6H3. The van der Waals surface area contributed by atoms with Crippen LogP contribution in [0.15, 0.2) is 47.0 Å². The quantitative estimate of drug-likeness (QED) is 0.0376. The van der Waals surface area contributed by atoms with Crippen LogP contribution in [-0.2, 0) is 33.3 Å². The predicted octanol–water partition coefficient (Wildman–Crippen LogP) is 5.86. The summed E-state index contributed by atoms with van der Waals surface area (Å²) in [5, 5.41) is 12.9. The summed E-state index contributed by atoms with van der Waals surface area (Å²) in [6.45, 7) is 13.4. The summed E-state index contributed by atoms with van der Waals surface area (Å²) in [6.07, 6.45) is 3.48. The minimum Gasteiger partial charge on any atom is -0.434 e. The van der Waals surface area contributed by atoms with Crippen LogP contribution in [-0.4, -0.2) is 117 Å². The fourth-order valence-electron chi connectivity index (χ4n) is 5.71. The van der Waals surface area contributed by atoms with Crippen molar-refractivity contribution in [1.82, 2.24) is 20.3 Å². The second kappa shape index (κ2) is 22.9. The van der Waals surface area contributed by atoms with Crippen LogP contribution in [0.5, 0.6) is 5.75 Å². The Balaban J connectivity index is 0.000000381. The van der Waals surface area contributed by atoms with E-state index in [0.717, 1.165) is 11.7 Å². The highest BCUT2D eigenvalue weighted by molar-refractivity contribution is 6.05. The maximum absolute atomic E-state index is 12.3. The summed E-state index contributed by atoms with van der Waals surface area (Å²) < 4.78 is 38.5. The number of nitrogens with zero attached hydrogens (tertiary/aromatic N) is 4. The molecule has 4 heterocycles. The molecule has 4 aromatic rings. The number of ether oxygens (including phenoxy) is 6. The van der Waals surface area contributed by atoms with Crippen molar-refractivity contribution in [1.29, 1.82) is 0 Å². The Morgan fingerprint density at radius 1 is 1.05 bits per heavy atom. The minimum absolute atomic E-state index is 0.0226. The maximum atomic E-state index is 12.3. The number of carbonyl (C=O) groups excluding carboxylic acids is 3. The molecule has 1 amide bonds. The van der Waals surface area contributed by atoms with Crippen LogP contribution in [0.1, 0.15) is 66.7 Å². The average molecular weight is 796 g/mol. The van der Waals surface area contributed by atoms with E-state index in [0.29, 0.717) is 111 Å². The molecule has 2 atom stereocenters. The first-order valence-electron chi connectivity index (χ1n) is 19.4. The highest BCUT2D eigenvalue weighted by Gasteiger charge is 2.28. The largest absolute Gasteiger partial charge is 0.513 e. The molecule has 1 aliphatic heterocycles. The summed E-state index contributed by atoms with van der Waals surface area (Å²) in [5.74, 6) is 1.32. The van der Waals surface area contributed by atoms with Crippen molar-refractivity contribution in [2.45, 2.75) is 85.2 Å². The molecule has 1 fully saturated rings. The number of hydrogen-bond donors (Lipinski definition) is 2. The van der Waals surface area contributed by atoms with Crippen molar-refractivity contribution in [2.75, 3.05) is 64.7 Å². The summed E-state index contributed by atoms with van der Waals surface area (Å²) >= 11 is 0. The number of aldehydes is 1. The van der Waals surface area contributed by atoms with Gasteiger partial charge in [0.05, 0.1) is 50.6 Å². The summed E-state index contributed by atoms with van der Waals surface area (Å²) in [5.41, 5.74) is 2.25. The zero-order valence-corrected chi connectivity index (χ0v) is 33.9. The van der Waals surface area contributed by atoms with Crippen molar-refractivity contribution >= 4 is 46.4 Å². The normalized spacial score (nSPS) is 14.2. The number of amides is 1. The Kier molecular flexibility index (Phi) is 18.0. The predicted molar refractivity (Wildman–Crippen MR) is 213 cm³/mol. The van der Waals surface area contributed by atoms with E-state index in [4.69, 9.17) is 42.8 Å². The van der Waals surface area contributed by atoms with Crippen LogP contribution in [0.2, 0.25) is 0 Å². The van der Waals surface area contributed by atoms with Gasteiger partial charge in [-0.1, -0.05) is 32.9 Å². The van der Waals surface area contributed by atoms with Crippen molar-refractivity contribution in [3.63, 3.8) is 0 Å². The first-order valence-corrected chi connectivity index (χ1v) is 19.4. The lowest BCUT2D eigenvalue weighted by Gasteiger charge is -2.33. The average Bonchev–Trinajstić information content (AvgIpc) is 3.57. The molecular weight excluding hydrogens is 738 g/mol. The third kappa shape index (κ3) is 14.3. The molecule has 16 nitrogen and oxygen atoms in total. The number of unbranched alkanes of at least 4 members (excludes halogenated alkanes) is 2. The Morgan fingerprint density at radius 2 is 1.84 bits per heavy atom. The van der Waals surface area contributed by atoms with Gasteiger partial charge in [0.25, 0.3) is 0 Å². The molecule has 0 bridgehead atoms. The number of morpholine rings is 1. The lowest BCUT2D eigenvalue weighted by Crippen LogP contribution is -2.39. The molecule has 2 unspecified atom stereocenters. The Labute approximate surface area is 333 Å². The molecule has 3 aromatic heterocycles. The van der Waals surface area contributed by atoms with Crippen molar-refractivity contribution in [3.05, 3.63) is 42.6 Å². The number of rotatable bonds is 19. The van der Waals surface area contributed by atoms with Crippen LogP contribution in [0.25, 0.3) is 33.6 Å². The number of aromatic nitrogens is 3. The van der Waals surface area contributed by atoms with Crippen molar-refractivity contribution in [3.8, 4) is 17.1 Å². The second-order valence-electron chi connectivity index (χ2n) is 14.7. The zero-order chi connectivity index (χ0) is 41.2. The van der Waals surface area contributed by atoms with E-state index in [9.17, 15) is 19.5 Å². The van der Waals surface area contributed by atoms with Crippen LogP contribution < -0.4 is 15.0 Å². The van der Waals surface area contributed by atoms with E-state index in [1.165, 1.54) is 0 Å². The molecule has 57 heavy (non-hydrogen) atoms. The number of carbonyl (C=O) groups is 3. The third-order valence-electron chi connectivity index (χ3n) is 8.69. The van der Waals surface area contributed by atoms with Gasteiger partial charge in [-0.15, -0.1) is 0 Å². The zero-order valence-electron chi connectivity index (χ0n) is 33.9. The van der Waals surface area contributed by atoms with Crippen molar-refractivity contribution < 1.29 is 52.3 Å². The molecule has 16 heteroatoms. The van der Waals surface area contributed by atoms with E-state index in [1.807, 2.05) is 52.8 Å². The van der Waals surface area contributed by atoms with Gasteiger partial charge in [-0.25, -0.2) is 19.7 Å². The van der Waals surface area contributed by atoms with Gasteiger partial charge in [-0.3, -0.25) is 4.79 Å². The molecule has 0 saturated carbocycles. The number of anilines is 1. The fourth-order valence-corrected chi connectivity index (χ4v) is 5.71. The molecule has 1 aliphatic rings. The fraction of sp³-hybridized carbons (Fsp3) is 0.561. The van der Waals surface area contributed by atoms with Gasteiger partial charge < -0.3 is 53.0 Å². The first-order chi connectivity index (χ1) is 27.4. The SMILES string of the molecule is COCC(OC(C)C)OC(CO)C(C)(C)C.O=CCCCC(=O)NCCCCOC(=O)Oc1cccc(-c2nc(N3CCOCC3)c3oc4ncccc4c3n2)c1. The first kappa shape index (κ1) is 45.0. The summed E-state index contributed by atoms with van der Waals surface area (Å²) in [6, 6.07) is 10.7. The third-order valence-corrected chi connectivity index (χ3v) is 8.69. The van der Waals surface area contributed by atoms with E-state index in [2.05, 4.69) is 15.2 Å². The minimum atomic E-state index is -0.822. The van der Waals surface area contributed by atoms with Crippen LogP contribution in [0.3, 0.4) is 0 Å². The molecule has 2 N–H and O–H groups in total. The van der Waals surface area contributed by atoms with E-state index < -0.39 is 12.4 Å². The molecular formula is C41H57N5O11. The number of pyridine rings is 1. The molecule has 0 spiro atoms. The summed E-state index contributed by atoms with van der Waals surface area (Å²) in [4.78, 5) is 50.3. The molecule has 312 valence electrons. The highest BCUT2D eigenvalue weighted by atomic mass is 16.7. The number of aliphatic hydroxyl groups is 1. The van der Waals surface area contributed by atoms with Gasteiger partial charge in [0.15, 0.2) is 23.5 Å². The smallest absolute Gasteiger partial charge is 0.434 e. The topological polar surface area (TPSA) is 194 Å². The number of hydrogen-bond acceptors (Lipinski definition) is 15. The van der Waals surface area contributed by atoms with Crippen molar-refractivity contribution in [2.24, 2.45) is 5.41 Å². The Hall–Kier alpha value is -4.74. The van der Waals surface area contributed by atoms with Crippen LogP contribution >= 0.6 is 0 Å². The highest BCUT2D eigenvalue weighted by Crippen LogP contribution is 2.35. The van der Waals surface area contributed by atoms with Gasteiger partial charge in [0.1, 0.15) is 17.6 Å². The maximum Gasteiger partial charge on any atom is 0.513 e. The van der Waals surface area contributed by atoms with Crippen LogP contribution in [0.4, 0.5) is 10.6 Å². The molecule has 1 aromatic carbocycles. The van der Waals surface area contributed by atoms with Gasteiger partial charge in [-0.2, -0.15) is 0 Å². The monoisotopic (exact) mass is 795 g/mol. The number of fused-ring (bicyclic) bond motifs is 3. The Morgan fingerprint density at radius 3 is 2.54 bits per heavy atom. The second-order valence-corrected chi connectivity index (χ2v) is 14.7. The van der Waals surface area contributed by atoms with Gasteiger partial charge in [0, 0.05) is 51.3 Å². The van der Waals surface area contributed by atoms with Gasteiger partial charge >= 0.3 is 6.16 Å². The summed E-state index contributed by atoms with van der Waals surface area (Å²) in [7, 11) is 1.60. The number of nitrogens with one attached hydrogen (secondary N) is 1. The van der Waals surface area contributed by atoms with E-state index in [-0.39, 0.29) is 36.7 Å². The lowest BCUT2D eigenvalue weighted by atomic mass is 9.89. The Bertz CT molecular complexity index is 1860. The van der Waals surface area contributed by atoms with Gasteiger partial charge in [0.2, 0.25) is 11.6 Å². The van der Waals surface area contributed by atoms with E-state index in [1.54, 1.807) is 31.5 Å². The van der Waals surface area contributed by atoms with Crippen LogP contribution in [0, 0.1) is 5.41 Å². The van der Waals surface area contributed by atoms with E-state index >= 15 is 0 Å².